The third-order valence-corrected chi connectivity index (χ3v) is 3.66. The number of pyridine rings is 1. The third kappa shape index (κ3) is 4.68. The van der Waals surface area contributed by atoms with E-state index in [1.54, 1.807) is 23.1 Å². The molecular formula is C15H23ClN4O2. The first-order chi connectivity index (χ1) is 10.1. The molecule has 1 aliphatic rings. The predicted molar refractivity (Wildman–Crippen MR) is 87.5 cm³/mol. The number of amides is 2. The van der Waals surface area contributed by atoms with Gasteiger partial charge in [0.25, 0.3) is 11.8 Å². The molecule has 1 atom stereocenters. The van der Waals surface area contributed by atoms with E-state index in [0.29, 0.717) is 12.2 Å². The number of rotatable bonds is 5. The summed E-state index contributed by atoms with van der Waals surface area (Å²) in [4.78, 5) is 30.3. The van der Waals surface area contributed by atoms with Gasteiger partial charge in [-0.1, -0.05) is 6.07 Å². The molecule has 22 heavy (non-hydrogen) atoms. The molecule has 0 bridgehead atoms. The molecule has 122 valence electrons. The van der Waals surface area contributed by atoms with Crippen LogP contribution in [0.2, 0.25) is 0 Å². The summed E-state index contributed by atoms with van der Waals surface area (Å²) in [5.41, 5.74) is 0.620. The first kappa shape index (κ1) is 18.4. The molecule has 0 aromatic carbocycles. The van der Waals surface area contributed by atoms with Gasteiger partial charge in [0.2, 0.25) is 0 Å². The largest absolute Gasteiger partial charge is 0.349 e. The molecule has 7 heteroatoms. The second kappa shape index (κ2) is 8.70. The molecule has 1 aromatic heterocycles. The zero-order valence-electron chi connectivity index (χ0n) is 13.0. The van der Waals surface area contributed by atoms with Gasteiger partial charge in [0.05, 0.1) is 0 Å². The number of hydrogen-bond donors (Lipinski definition) is 2. The Balaban J connectivity index is 0.00000242. The normalized spacial score (nSPS) is 15.1. The second-order valence-electron chi connectivity index (χ2n) is 5.31. The summed E-state index contributed by atoms with van der Waals surface area (Å²) in [5, 5.41) is 5.84. The lowest BCUT2D eigenvalue weighted by molar-refractivity contribution is 0.0787. The van der Waals surface area contributed by atoms with E-state index in [0.717, 1.165) is 25.9 Å². The molecule has 2 heterocycles. The molecule has 1 aliphatic heterocycles. The van der Waals surface area contributed by atoms with Gasteiger partial charge in [-0.15, -0.1) is 12.4 Å². The number of nitrogens with zero attached hydrogens (tertiary/aromatic N) is 2. The van der Waals surface area contributed by atoms with Gasteiger partial charge < -0.3 is 15.5 Å². The van der Waals surface area contributed by atoms with Crippen LogP contribution in [-0.4, -0.2) is 54.4 Å². The molecule has 2 N–H and O–H groups in total. The van der Waals surface area contributed by atoms with Gasteiger partial charge in [-0.25, -0.2) is 4.98 Å². The summed E-state index contributed by atoms with van der Waals surface area (Å²) in [6.45, 7) is 4.04. The zero-order valence-corrected chi connectivity index (χ0v) is 13.8. The van der Waals surface area contributed by atoms with E-state index in [9.17, 15) is 9.59 Å². The Morgan fingerprint density at radius 2 is 1.91 bits per heavy atom. The Bertz CT molecular complexity index is 518. The maximum atomic E-state index is 12.3. The minimum Gasteiger partial charge on any atom is -0.349 e. The number of nitrogens with one attached hydrogen (secondary N) is 2. The smallest absolute Gasteiger partial charge is 0.272 e. The highest BCUT2D eigenvalue weighted by Gasteiger charge is 2.21. The highest BCUT2D eigenvalue weighted by atomic mass is 35.5. The maximum Gasteiger partial charge on any atom is 0.272 e. The van der Waals surface area contributed by atoms with Crippen molar-refractivity contribution in [2.45, 2.75) is 25.8 Å². The van der Waals surface area contributed by atoms with E-state index in [1.807, 2.05) is 14.0 Å². The summed E-state index contributed by atoms with van der Waals surface area (Å²) < 4.78 is 0. The van der Waals surface area contributed by atoms with Crippen molar-refractivity contribution in [3.63, 3.8) is 0 Å². The van der Waals surface area contributed by atoms with Crippen LogP contribution in [0.5, 0.6) is 0 Å². The Hall–Kier alpha value is -1.66. The third-order valence-electron chi connectivity index (χ3n) is 3.66. The molecule has 6 nitrogen and oxygen atoms in total. The minimum atomic E-state index is -0.256. The molecule has 1 aromatic rings. The van der Waals surface area contributed by atoms with E-state index in [4.69, 9.17) is 0 Å². The molecule has 1 saturated heterocycles. The number of likely N-dealkylation sites (N-methyl/N-ethyl adjacent to an activating group) is 1. The molecule has 0 saturated carbocycles. The van der Waals surface area contributed by atoms with E-state index in [-0.39, 0.29) is 36.0 Å². The molecular weight excluding hydrogens is 304 g/mol. The fourth-order valence-corrected chi connectivity index (χ4v) is 2.20. The average Bonchev–Trinajstić information content (AvgIpc) is 3.06. The fourth-order valence-electron chi connectivity index (χ4n) is 2.20. The highest BCUT2D eigenvalue weighted by molar-refractivity contribution is 5.96. The zero-order chi connectivity index (χ0) is 15.2. The quantitative estimate of drug-likeness (QED) is 0.849. The van der Waals surface area contributed by atoms with Crippen LogP contribution in [-0.2, 0) is 0 Å². The van der Waals surface area contributed by atoms with Crippen LogP contribution < -0.4 is 10.6 Å². The van der Waals surface area contributed by atoms with Crippen LogP contribution in [0.15, 0.2) is 18.2 Å². The van der Waals surface area contributed by atoms with Crippen LogP contribution in [0, 0.1) is 0 Å². The van der Waals surface area contributed by atoms with Crippen molar-refractivity contribution in [2.24, 2.45) is 0 Å². The minimum absolute atomic E-state index is 0. The number of likely N-dealkylation sites (tertiary alicyclic amines) is 1. The van der Waals surface area contributed by atoms with E-state index in [2.05, 4.69) is 15.6 Å². The van der Waals surface area contributed by atoms with Gasteiger partial charge in [-0.2, -0.15) is 0 Å². The molecule has 2 rings (SSSR count). The fraction of sp³-hybridized carbons (Fsp3) is 0.533. The number of aromatic nitrogens is 1. The number of halogens is 1. The van der Waals surface area contributed by atoms with Crippen molar-refractivity contribution in [1.82, 2.24) is 20.5 Å². The summed E-state index contributed by atoms with van der Waals surface area (Å²) in [6, 6.07) is 5.17. The van der Waals surface area contributed by atoms with Gasteiger partial charge in [0.1, 0.15) is 11.4 Å². The number of hydrogen-bond acceptors (Lipinski definition) is 4. The first-order valence-corrected chi connectivity index (χ1v) is 7.33. The van der Waals surface area contributed by atoms with Gasteiger partial charge in [-0.3, -0.25) is 9.59 Å². The highest BCUT2D eigenvalue weighted by Crippen LogP contribution is 2.11. The van der Waals surface area contributed by atoms with Crippen molar-refractivity contribution >= 4 is 24.2 Å². The summed E-state index contributed by atoms with van der Waals surface area (Å²) in [7, 11) is 1.84. The number of carbonyl (C=O) groups is 2. The van der Waals surface area contributed by atoms with Gasteiger partial charge in [-0.05, 0) is 38.9 Å². The van der Waals surface area contributed by atoms with Crippen molar-refractivity contribution in [1.29, 1.82) is 0 Å². The number of carbonyl (C=O) groups excluding carboxylic acids is 2. The predicted octanol–water partition coefficient (Wildman–Crippen LogP) is 1.08. The van der Waals surface area contributed by atoms with E-state index < -0.39 is 0 Å². The molecule has 0 spiro atoms. The Labute approximate surface area is 137 Å². The summed E-state index contributed by atoms with van der Waals surface area (Å²) in [5.74, 6) is -0.348. The van der Waals surface area contributed by atoms with Crippen LogP contribution in [0.25, 0.3) is 0 Å². The molecule has 0 radical (unpaired) electrons. The lowest BCUT2D eigenvalue weighted by atomic mass is 10.2. The van der Waals surface area contributed by atoms with Gasteiger partial charge in [0, 0.05) is 25.7 Å². The lowest BCUT2D eigenvalue weighted by Crippen LogP contribution is -2.37. The van der Waals surface area contributed by atoms with Crippen molar-refractivity contribution in [3.8, 4) is 0 Å². The summed E-state index contributed by atoms with van der Waals surface area (Å²) in [6.07, 6.45) is 2.07. The van der Waals surface area contributed by atoms with Crippen LogP contribution in [0.1, 0.15) is 40.7 Å². The SMILES string of the molecule is CNC(C)CNC(=O)c1cccc(C(=O)N2CCCC2)n1.Cl. The first-order valence-electron chi connectivity index (χ1n) is 7.33. The summed E-state index contributed by atoms with van der Waals surface area (Å²) >= 11 is 0. The topological polar surface area (TPSA) is 74.3 Å². The molecule has 0 aliphatic carbocycles. The lowest BCUT2D eigenvalue weighted by Gasteiger charge is -2.15. The van der Waals surface area contributed by atoms with E-state index in [1.165, 1.54) is 0 Å². The molecule has 1 unspecified atom stereocenters. The van der Waals surface area contributed by atoms with Crippen LogP contribution in [0.4, 0.5) is 0 Å². The second-order valence-corrected chi connectivity index (χ2v) is 5.31. The van der Waals surface area contributed by atoms with Crippen molar-refractivity contribution < 1.29 is 9.59 Å². The van der Waals surface area contributed by atoms with Crippen LogP contribution in [0.3, 0.4) is 0 Å². The van der Waals surface area contributed by atoms with Gasteiger partial charge in [0.15, 0.2) is 0 Å². The Kier molecular flexibility index (Phi) is 7.27. The monoisotopic (exact) mass is 326 g/mol. The molecule has 2 amide bonds. The van der Waals surface area contributed by atoms with Crippen molar-refractivity contribution in [3.05, 3.63) is 29.6 Å². The molecule has 1 fully saturated rings. The average molecular weight is 327 g/mol. The standard InChI is InChI=1S/C15H22N4O2.ClH/c1-11(16-2)10-17-14(20)12-6-5-7-13(18-12)15(21)19-8-3-4-9-19;/h5-7,11,16H,3-4,8-10H2,1-2H3,(H,17,20);1H. The van der Waals surface area contributed by atoms with E-state index >= 15 is 0 Å². The Morgan fingerprint density at radius 3 is 2.55 bits per heavy atom. The van der Waals surface area contributed by atoms with Crippen LogP contribution >= 0.6 is 12.4 Å². The maximum absolute atomic E-state index is 12.3. The van der Waals surface area contributed by atoms with Gasteiger partial charge >= 0.3 is 0 Å². The Morgan fingerprint density at radius 1 is 1.27 bits per heavy atom. The van der Waals surface area contributed by atoms with Crippen molar-refractivity contribution in [2.75, 3.05) is 26.7 Å².